The van der Waals surface area contributed by atoms with E-state index in [2.05, 4.69) is 5.32 Å². The number of ether oxygens (including phenoxy) is 1. The topological polar surface area (TPSA) is 38.3 Å². The number of carbonyl (C=O) groups excluding carboxylic acids is 1. The van der Waals surface area contributed by atoms with Crippen molar-refractivity contribution in [3.8, 4) is 5.75 Å². The zero-order chi connectivity index (χ0) is 11.8. The summed E-state index contributed by atoms with van der Waals surface area (Å²) in [5.74, 6) is 0.864. The molecule has 1 aromatic carbocycles. The zero-order valence-corrected chi connectivity index (χ0v) is 9.83. The van der Waals surface area contributed by atoms with Crippen molar-refractivity contribution in [2.75, 3.05) is 19.5 Å². The van der Waals surface area contributed by atoms with Crippen LogP contribution in [-0.4, -0.2) is 25.4 Å². The highest BCUT2D eigenvalue weighted by Crippen LogP contribution is 2.16. The molecule has 1 amide bonds. The van der Waals surface area contributed by atoms with E-state index < -0.39 is 0 Å². The van der Waals surface area contributed by atoms with Gasteiger partial charge in [-0.15, -0.1) is 11.6 Å². The molecule has 0 heterocycles. The number of alkyl halides is 1. The summed E-state index contributed by atoms with van der Waals surface area (Å²) >= 11 is 5.46. The average molecular weight is 240 g/mol. The van der Waals surface area contributed by atoms with Gasteiger partial charge in [0.2, 0.25) is 0 Å². The summed E-state index contributed by atoms with van der Waals surface area (Å²) in [6.07, 6.45) is 3.59. The van der Waals surface area contributed by atoms with Gasteiger partial charge in [0, 0.05) is 12.4 Å². The lowest BCUT2D eigenvalue weighted by Gasteiger charge is -2.07. The number of rotatable bonds is 5. The Morgan fingerprint density at radius 1 is 1.44 bits per heavy atom. The van der Waals surface area contributed by atoms with Crippen LogP contribution in [0, 0.1) is 0 Å². The minimum Gasteiger partial charge on any atom is -0.496 e. The van der Waals surface area contributed by atoms with Gasteiger partial charge in [-0.05, 0) is 12.1 Å². The van der Waals surface area contributed by atoms with Crippen LogP contribution in [0.3, 0.4) is 0 Å². The predicted molar refractivity (Wildman–Crippen MR) is 65.2 cm³/mol. The highest BCUT2D eigenvalue weighted by Gasteiger charge is 2.09. The number of hydrogen-bond donors (Lipinski definition) is 1. The van der Waals surface area contributed by atoms with E-state index >= 15 is 0 Å². The third kappa shape index (κ3) is 3.59. The van der Waals surface area contributed by atoms with Crippen LogP contribution in [0.2, 0.25) is 0 Å². The molecule has 0 saturated carbocycles. The normalized spacial score (nSPS) is 10.4. The lowest BCUT2D eigenvalue weighted by molar-refractivity contribution is 0.0955. The van der Waals surface area contributed by atoms with Crippen LogP contribution in [0.4, 0.5) is 0 Å². The predicted octanol–water partition coefficient (Wildman–Crippen LogP) is 2.22. The molecule has 86 valence electrons. The minimum absolute atomic E-state index is 0.156. The molecule has 1 N–H and O–H groups in total. The molecule has 0 aromatic heterocycles. The number of hydrogen-bond acceptors (Lipinski definition) is 2. The molecule has 4 heteroatoms. The van der Waals surface area contributed by atoms with E-state index in [-0.39, 0.29) is 5.91 Å². The fourth-order valence-electron chi connectivity index (χ4n) is 1.23. The number of carbonyl (C=O) groups is 1. The number of para-hydroxylation sites is 1. The number of amides is 1. The molecule has 0 radical (unpaired) electrons. The number of nitrogens with one attached hydrogen (secondary N) is 1. The Morgan fingerprint density at radius 3 is 2.88 bits per heavy atom. The second-order valence-electron chi connectivity index (χ2n) is 3.04. The first kappa shape index (κ1) is 12.6. The molecule has 1 rings (SSSR count). The summed E-state index contributed by atoms with van der Waals surface area (Å²) in [5, 5.41) is 2.74. The second kappa shape index (κ2) is 6.90. The van der Waals surface area contributed by atoms with Gasteiger partial charge in [-0.1, -0.05) is 24.3 Å². The van der Waals surface area contributed by atoms with Gasteiger partial charge >= 0.3 is 0 Å². The first-order valence-corrected chi connectivity index (χ1v) is 5.45. The van der Waals surface area contributed by atoms with Crippen molar-refractivity contribution in [1.82, 2.24) is 5.32 Å². The molecule has 16 heavy (non-hydrogen) atoms. The Bertz CT molecular complexity index is 377. The Kier molecular flexibility index (Phi) is 5.43. The molecule has 0 spiro atoms. The van der Waals surface area contributed by atoms with Crippen LogP contribution < -0.4 is 10.1 Å². The van der Waals surface area contributed by atoms with Gasteiger partial charge in [0.15, 0.2) is 0 Å². The summed E-state index contributed by atoms with van der Waals surface area (Å²) in [6.45, 7) is 0.462. The standard InChI is InChI=1S/C12H14ClNO2/c1-16-11-7-3-2-6-10(11)12(15)14-9-5-4-8-13/h2-7H,8-9H2,1H3,(H,14,15)/b5-4+. The van der Waals surface area contributed by atoms with Crippen LogP contribution in [-0.2, 0) is 0 Å². The Hall–Kier alpha value is -1.48. The quantitative estimate of drug-likeness (QED) is 0.632. The van der Waals surface area contributed by atoms with Gasteiger partial charge in [-0.3, -0.25) is 4.79 Å². The van der Waals surface area contributed by atoms with Crippen LogP contribution in [0.1, 0.15) is 10.4 Å². The largest absolute Gasteiger partial charge is 0.496 e. The summed E-state index contributed by atoms with van der Waals surface area (Å²) in [4.78, 5) is 11.7. The lowest BCUT2D eigenvalue weighted by Crippen LogP contribution is -2.23. The molecule has 0 fully saturated rings. The van der Waals surface area contributed by atoms with E-state index in [4.69, 9.17) is 16.3 Å². The average Bonchev–Trinajstić information content (AvgIpc) is 2.34. The van der Waals surface area contributed by atoms with Crippen molar-refractivity contribution in [3.63, 3.8) is 0 Å². The van der Waals surface area contributed by atoms with Crippen molar-refractivity contribution in [2.24, 2.45) is 0 Å². The molecule has 0 bridgehead atoms. The first-order chi connectivity index (χ1) is 7.79. The number of methoxy groups -OCH3 is 1. The van der Waals surface area contributed by atoms with E-state index in [9.17, 15) is 4.79 Å². The number of benzene rings is 1. The highest BCUT2D eigenvalue weighted by atomic mass is 35.5. The maximum atomic E-state index is 11.7. The van der Waals surface area contributed by atoms with Crippen LogP contribution >= 0.6 is 11.6 Å². The van der Waals surface area contributed by atoms with Crippen molar-refractivity contribution in [2.45, 2.75) is 0 Å². The molecule has 3 nitrogen and oxygen atoms in total. The summed E-state index contributed by atoms with van der Waals surface area (Å²) in [5.41, 5.74) is 0.532. The molecule has 0 aliphatic rings. The van der Waals surface area contributed by atoms with Crippen LogP contribution in [0.25, 0.3) is 0 Å². The fourth-order valence-corrected chi connectivity index (χ4v) is 1.35. The number of allylic oxidation sites excluding steroid dienone is 1. The van der Waals surface area contributed by atoms with E-state index in [0.717, 1.165) is 0 Å². The Labute approximate surface area is 100 Å². The van der Waals surface area contributed by atoms with Crippen molar-refractivity contribution in [3.05, 3.63) is 42.0 Å². The number of halogens is 1. The zero-order valence-electron chi connectivity index (χ0n) is 9.07. The second-order valence-corrected chi connectivity index (χ2v) is 3.34. The Morgan fingerprint density at radius 2 is 2.19 bits per heavy atom. The van der Waals surface area contributed by atoms with Gasteiger partial charge in [0.1, 0.15) is 5.75 Å². The fraction of sp³-hybridized carbons (Fsp3) is 0.250. The molecular formula is C12H14ClNO2. The molecular weight excluding hydrogens is 226 g/mol. The maximum absolute atomic E-state index is 11.7. The minimum atomic E-state index is -0.156. The van der Waals surface area contributed by atoms with E-state index in [1.165, 1.54) is 0 Å². The molecule has 0 saturated heterocycles. The van der Waals surface area contributed by atoms with E-state index in [1.54, 1.807) is 37.5 Å². The van der Waals surface area contributed by atoms with Gasteiger partial charge in [-0.2, -0.15) is 0 Å². The van der Waals surface area contributed by atoms with Gasteiger partial charge in [0.05, 0.1) is 12.7 Å². The smallest absolute Gasteiger partial charge is 0.255 e. The monoisotopic (exact) mass is 239 g/mol. The molecule has 0 aliphatic carbocycles. The van der Waals surface area contributed by atoms with Crippen LogP contribution in [0.15, 0.2) is 36.4 Å². The third-order valence-electron chi connectivity index (χ3n) is 1.99. The van der Waals surface area contributed by atoms with Gasteiger partial charge < -0.3 is 10.1 Å². The van der Waals surface area contributed by atoms with Crippen LogP contribution in [0.5, 0.6) is 5.75 Å². The highest BCUT2D eigenvalue weighted by molar-refractivity contribution is 6.18. The third-order valence-corrected chi connectivity index (χ3v) is 2.17. The maximum Gasteiger partial charge on any atom is 0.255 e. The van der Waals surface area contributed by atoms with Crippen molar-refractivity contribution < 1.29 is 9.53 Å². The molecule has 0 aliphatic heterocycles. The summed E-state index contributed by atoms with van der Waals surface area (Å²) in [6, 6.07) is 7.10. The summed E-state index contributed by atoms with van der Waals surface area (Å²) in [7, 11) is 1.54. The van der Waals surface area contributed by atoms with Gasteiger partial charge in [-0.25, -0.2) is 0 Å². The van der Waals surface area contributed by atoms with Gasteiger partial charge in [0.25, 0.3) is 5.91 Å². The molecule has 0 unspecified atom stereocenters. The SMILES string of the molecule is COc1ccccc1C(=O)NC/C=C/CCl. The first-order valence-electron chi connectivity index (χ1n) is 4.91. The van der Waals surface area contributed by atoms with Crippen molar-refractivity contribution >= 4 is 17.5 Å². The molecule has 0 atom stereocenters. The molecule has 1 aromatic rings. The Balaban J connectivity index is 2.62. The lowest BCUT2D eigenvalue weighted by atomic mass is 10.2. The van der Waals surface area contributed by atoms with E-state index in [1.807, 2.05) is 6.07 Å². The summed E-state index contributed by atoms with van der Waals surface area (Å²) < 4.78 is 5.09. The van der Waals surface area contributed by atoms with E-state index in [0.29, 0.717) is 23.7 Å². The van der Waals surface area contributed by atoms with Crippen molar-refractivity contribution in [1.29, 1.82) is 0 Å².